The fourth-order valence-corrected chi connectivity index (χ4v) is 5.12. The van der Waals surface area contributed by atoms with Crippen molar-refractivity contribution in [3.05, 3.63) is 89.5 Å². The van der Waals surface area contributed by atoms with Crippen molar-refractivity contribution in [2.45, 2.75) is 35.5 Å². The van der Waals surface area contributed by atoms with E-state index in [0.717, 1.165) is 33.3 Å². The summed E-state index contributed by atoms with van der Waals surface area (Å²) in [7, 11) is 0. The highest BCUT2D eigenvalue weighted by Gasteiger charge is 2.30. The number of alkyl carbamates (subject to hydrolysis) is 1. The van der Waals surface area contributed by atoms with Crippen LogP contribution < -0.4 is 5.32 Å². The monoisotopic (exact) mass is 509 g/mol. The van der Waals surface area contributed by atoms with Crippen LogP contribution in [0.1, 0.15) is 29.5 Å². The number of alkyl halides is 1. The van der Waals surface area contributed by atoms with Gasteiger partial charge in [0.15, 0.2) is 0 Å². The zero-order valence-corrected chi connectivity index (χ0v) is 20.3. The number of benzene rings is 3. The Balaban J connectivity index is 1.34. The SMILES string of the molecule is Cc1ccc(SC(=O)[C@@H](Br)[C@H](C)NC(=O)OCC2c3ccccc3-c3ccccc32)cc1. The lowest BCUT2D eigenvalue weighted by molar-refractivity contribution is -0.110. The molecule has 0 radical (unpaired) electrons. The molecule has 6 heteroatoms. The van der Waals surface area contributed by atoms with Crippen LogP contribution >= 0.6 is 27.7 Å². The number of hydrogen-bond donors (Lipinski definition) is 1. The molecule has 1 aliphatic carbocycles. The summed E-state index contributed by atoms with van der Waals surface area (Å²) in [5.74, 6) is 0.00180. The van der Waals surface area contributed by atoms with Crippen LogP contribution in [0.5, 0.6) is 0 Å². The molecule has 32 heavy (non-hydrogen) atoms. The van der Waals surface area contributed by atoms with E-state index in [4.69, 9.17) is 4.74 Å². The fourth-order valence-electron chi connectivity index (χ4n) is 3.88. The predicted octanol–water partition coefficient (Wildman–Crippen LogP) is 6.30. The summed E-state index contributed by atoms with van der Waals surface area (Å²) in [6, 6.07) is 23.8. The number of fused-ring (bicyclic) bond motifs is 3. The molecule has 3 aromatic carbocycles. The lowest BCUT2D eigenvalue weighted by Crippen LogP contribution is -2.41. The second kappa shape index (κ2) is 9.92. The highest BCUT2D eigenvalue weighted by molar-refractivity contribution is 9.10. The van der Waals surface area contributed by atoms with Crippen LogP contribution in [-0.2, 0) is 9.53 Å². The highest BCUT2D eigenvalue weighted by atomic mass is 79.9. The number of carbonyl (C=O) groups is 2. The van der Waals surface area contributed by atoms with E-state index in [1.165, 1.54) is 11.1 Å². The fraction of sp³-hybridized carbons (Fsp3) is 0.231. The summed E-state index contributed by atoms with van der Waals surface area (Å²) < 4.78 is 5.58. The van der Waals surface area contributed by atoms with Crippen molar-refractivity contribution in [2.24, 2.45) is 0 Å². The Kier molecular flexibility index (Phi) is 7.01. The molecule has 0 aliphatic heterocycles. The van der Waals surface area contributed by atoms with Gasteiger partial charge in [-0.15, -0.1) is 0 Å². The molecule has 1 aliphatic rings. The lowest BCUT2D eigenvalue weighted by atomic mass is 9.98. The van der Waals surface area contributed by atoms with E-state index in [1.54, 1.807) is 6.92 Å². The van der Waals surface area contributed by atoms with Crippen LogP contribution in [-0.4, -0.2) is 28.7 Å². The summed E-state index contributed by atoms with van der Waals surface area (Å²) in [5, 5.41) is 2.72. The van der Waals surface area contributed by atoms with Crippen molar-refractivity contribution in [3.63, 3.8) is 0 Å². The van der Waals surface area contributed by atoms with Gasteiger partial charge >= 0.3 is 6.09 Å². The molecule has 0 heterocycles. The first-order valence-corrected chi connectivity index (χ1v) is 12.2. The van der Waals surface area contributed by atoms with Gasteiger partial charge in [-0.25, -0.2) is 4.79 Å². The van der Waals surface area contributed by atoms with E-state index in [9.17, 15) is 9.59 Å². The van der Waals surface area contributed by atoms with Gasteiger partial charge in [0.1, 0.15) is 11.4 Å². The topological polar surface area (TPSA) is 55.4 Å². The van der Waals surface area contributed by atoms with Gasteiger partial charge in [-0.05, 0) is 48.2 Å². The molecule has 0 bridgehead atoms. The number of carbonyl (C=O) groups excluding carboxylic acids is 2. The number of halogens is 1. The standard InChI is InChI=1S/C26H24BrNO3S/c1-16-11-13-18(14-12-16)32-25(29)24(27)17(2)28-26(30)31-15-23-21-9-5-3-7-19(21)20-8-4-6-10-22(20)23/h3-14,17,23-24H,15H2,1-2H3,(H,28,30)/t17-,24-/m0/s1. The number of thioether (sulfide) groups is 1. The summed E-state index contributed by atoms with van der Waals surface area (Å²) in [6.45, 7) is 4.03. The third-order valence-corrected chi connectivity index (χ3v) is 8.07. The predicted molar refractivity (Wildman–Crippen MR) is 132 cm³/mol. The Morgan fingerprint density at radius 3 is 2.12 bits per heavy atom. The molecule has 0 spiro atoms. The molecule has 164 valence electrons. The molecule has 1 amide bonds. The van der Waals surface area contributed by atoms with E-state index in [1.807, 2.05) is 55.5 Å². The van der Waals surface area contributed by atoms with Gasteiger partial charge in [0.2, 0.25) is 5.12 Å². The van der Waals surface area contributed by atoms with Crippen LogP contribution in [0.15, 0.2) is 77.7 Å². The van der Waals surface area contributed by atoms with E-state index < -0.39 is 17.0 Å². The molecule has 0 unspecified atom stereocenters. The van der Waals surface area contributed by atoms with Crippen molar-refractivity contribution in [2.75, 3.05) is 6.61 Å². The molecule has 0 saturated carbocycles. The maximum Gasteiger partial charge on any atom is 0.407 e. The Hall–Kier alpha value is -2.57. The van der Waals surface area contributed by atoms with Gasteiger partial charge in [-0.1, -0.05) is 93.9 Å². The molecule has 4 rings (SSSR count). The first-order chi connectivity index (χ1) is 15.4. The zero-order valence-electron chi connectivity index (χ0n) is 17.9. The van der Waals surface area contributed by atoms with Gasteiger partial charge in [-0.2, -0.15) is 0 Å². The van der Waals surface area contributed by atoms with E-state index >= 15 is 0 Å². The number of rotatable bonds is 6. The normalized spacial score (nSPS) is 14.2. The molecule has 0 aromatic heterocycles. The second-order valence-electron chi connectivity index (χ2n) is 7.89. The van der Waals surface area contributed by atoms with Crippen LogP contribution in [0.3, 0.4) is 0 Å². The molecule has 4 nitrogen and oxygen atoms in total. The number of aryl methyl sites for hydroxylation is 1. The highest BCUT2D eigenvalue weighted by Crippen LogP contribution is 2.44. The van der Waals surface area contributed by atoms with Gasteiger partial charge in [-0.3, -0.25) is 4.79 Å². The lowest BCUT2D eigenvalue weighted by Gasteiger charge is -2.20. The quantitative estimate of drug-likeness (QED) is 0.312. The van der Waals surface area contributed by atoms with E-state index in [0.29, 0.717) is 0 Å². The average Bonchev–Trinajstić information content (AvgIpc) is 3.12. The minimum absolute atomic E-state index is 0.00180. The van der Waals surface area contributed by atoms with Gasteiger partial charge in [0, 0.05) is 16.9 Å². The molecular weight excluding hydrogens is 486 g/mol. The van der Waals surface area contributed by atoms with E-state index in [2.05, 4.69) is 45.5 Å². The Morgan fingerprint density at radius 1 is 0.969 bits per heavy atom. The van der Waals surface area contributed by atoms with Gasteiger partial charge in [0.05, 0.1) is 0 Å². The van der Waals surface area contributed by atoms with Crippen molar-refractivity contribution in [1.82, 2.24) is 5.32 Å². The summed E-state index contributed by atoms with van der Waals surface area (Å²) in [6.07, 6.45) is -0.531. The number of hydrogen-bond acceptors (Lipinski definition) is 4. The van der Waals surface area contributed by atoms with Crippen molar-refractivity contribution in [3.8, 4) is 11.1 Å². The first-order valence-electron chi connectivity index (χ1n) is 10.5. The number of amides is 1. The third-order valence-electron chi connectivity index (χ3n) is 5.59. The third kappa shape index (κ3) is 4.92. The summed E-state index contributed by atoms with van der Waals surface area (Å²) in [5.41, 5.74) is 5.84. The molecular formula is C26H24BrNO3S. The maximum atomic E-state index is 12.6. The van der Waals surface area contributed by atoms with Crippen LogP contribution in [0.2, 0.25) is 0 Å². The van der Waals surface area contributed by atoms with Gasteiger partial charge in [0.25, 0.3) is 0 Å². The van der Waals surface area contributed by atoms with Crippen molar-refractivity contribution < 1.29 is 14.3 Å². The molecule has 2 atom stereocenters. The second-order valence-corrected chi connectivity index (χ2v) is 9.96. The van der Waals surface area contributed by atoms with Crippen molar-refractivity contribution in [1.29, 1.82) is 0 Å². The molecule has 3 aromatic rings. The average molecular weight is 510 g/mol. The minimum atomic E-state index is -0.533. The zero-order chi connectivity index (χ0) is 22.7. The van der Waals surface area contributed by atoms with Crippen LogP contribution in [0.4, 0.5) is 4.79 Å². The minimum Gasteiger partial charge on any atom is -0.449 e. The smallest absolute Gasteiger partial charge is 0.407 e. The first kappa shape index (κ1) is 22.6. The maximum absolute atomic E-state index is 12.6. The number of nitrogens with one attached hydrogen (secondary N) is 1. The molecule has 0 fully saturated rings. The Bertz CT molecular complexity index is 1090. The summed E-state index contributed by atoms with van der Waals surface area (Å²) >= 11 is 4.58. The Labute approximate surface area is 200 Å². The van der Waals surface area contributed by atoms with Crippen molar-refractivity contribution >= 4 is 38.9 Å². The largest absolute Gasteiger partial charge is 0.449 e. The van der Waals surface area contributed by atoms with Crippen LogP contribution in [0.25, 0.3) is 11.1 Å². The molecule has 0 saturated heterocycles. The Morgan fingerprint density at radius 2 is 1.53 bits per heavy atom. The van der Waals surface area contributed by atoms with Gasteiger partial charge < -0.3 is 10.1 Å². The van der Waals surface area contributed by atoms with E-state index in [-0.39, 0.29) is 17.6 Å². The summed E-state index contributed by atoms with van der Waals surface area (Å²) in [4.78, 5) is 25.4. The van der Waals surface area contributed by atoms with Crippen LogP contribution in [0, 0.1) is 6.92 Å². The molecule has 1 N–H and O–H groups in total. The number of ether oxygens (including phenoxy) is 1.